The number of benzene rings is 1. The fraction of sp³-hybridized carbons (Fsp3) is 0.545. The number of amides is 1. The summed E-state index contributed by atoms with van der Waals surface area (Å²) in [5.41, 5.74) is -2.46. The molecule has 3 atom stereocenters. The third-order valence-electron chi connectivity index (χ3n) is 6.00. The van der Waals surface area contributed by atoms with Crippen molar-refractivity contribution in [1.82, 2.24) is 14.5 Å². The monoisotopic (exact) mass is 475 g/mol. The van der Waals surface area contributed by atoms with E-state index in [2.05, 4.69) is 4.98 Å². The molecule has 1 aromatic carbocycles. The van der Waals surface area contributed by atoms with Crippen molar-refractivity contribution in [2.75, 3.05) is 13.1 Å². The second kappa shape index (κ2) is 8.34. The summed E-state index contributed by atoms with van der Waals surface area (Å²) in [4.78, 5) is 18.9. The van der Waals surface area contributed by atoms with Crippen LogP contribution in [0.3, 0.4) is 0 Å². The molecule has 2 aromatic rings. The number of morpholine rings is 1. The van der Waals surface area contributed by atoms with Gasteiger partial charge in [0, 0.05) is 38.2 Å². The number of hydrogen-bond acceptors (Lipinski definition) is 3. The highest BCUT2D eigenvalue weighted by molar-refractivity contribution is 5.92. The van der Waals surface area contributed by atoms with Crippen LogP contribution < -0.4 is 0 Å². The molecule has 4 rings (SSSR count). The molecule has 0 bridgehead atoms. The van der Waals surface area contributed by atoms with Crippen LogP contribution in [-0.2, 0) is 30.1 Å². The number of alkyl halides is 6. The summed E-state index contributed by atoms with van der Waals surface area (Å²) in [5, 5.41) is 0. The van der Waals surface area contributed by atoms with E-state index >= 15 is 0 Å². The van der Waals surface area contributed by atoms with Gasteiger partial charge in [0.1, 0.15) is 11.5 Å². The number of nitrogens with zero attached hydrogens (tertiary/aromatic N) is 3. The fourth-order valence-electron chi connectivity index (χ4n) is 4.54. The van der Waals surface area contributed by atoms with Crippen LogP contribution in [0, 0.1) is 0 Å². The van der Waals surface area contributed by atoms with Crippen molar-refractivity contribution in [2.45, 2.75) is 63.7 Å². The van der Waals surface area contributed by atoms with Gasteiger partial charge in [0.2, 0.25) is 0 Å². The van der Waals surface area contributed by atoms with Gasteiger partial charge in [-0.25, -0.2) is 4.98 Å². The van der Waals surface area contributed by atoms with Gasteiger partial charge in [-0.15, -0.1) is 0 Å². The first-order valence-electron chi connectivity index (χ1n) is 10.6. The summed E-state index contributed by atoms with van der Waals surface area (Å²) >= 11 is 0. The van der Waals surface area contributed by atoms with Gasteiger partial charge in [0.25, 0.3) is 5.91 Å². The van der Waals surface area contributed by atoms with Crippen LogP contribution in [0.2, 0.25) is 0 Å². The zero-order chi connectivity index (χ0) is 24.1. The Kier molecular flexibility index (Phi) is 5.96. The largest absolute Gasteiger partial charge is 0.416 e. The van der Waals surface area contributed by atoms with Crippen molar-refractivity contribution < 1.29 is 35.9 Å². The Morgan fingerprint density at radius 2 is 1.55 bits per heavy atom. The van der Waals surface area contributed by atoms with Gasteiger partial charge in [-0.05, 0) is 44.0 Å². The van der Waals surface area contributed by atoms with Gasteiger partial charge in [-0.3, -0.25) is 4.79 Å². The third kappa shape index (κ3) is 5.02. The van der Waals surface area contributed by atoms with E-state index < -0.39 is 29.4 Å². The Balaban J connectivity index is 1.59. The Morgan fingerprint density at radius 1 is 0.970 bits per heavy atom. The van der Waals surface area contributed by atoms with Crippen LogP contribution in [0.5, 0.6) is 0 Å². The molecule has 5 nitrogen and oxygen atoms in total. The summed E-state index contributed by atoms with van der Waals surface area (Å²) in [6.45, 7) is 4.70. The molecule has 0 spiro atoms. The van der Waals surface area contributed by atoms with E-state index in [0.717, 1.165) is 12.1 Å². The topological polar surface area (TPSA) is 47.4 Å². The van der Waals surface area contributed by atoms with Gasteiger partial charge in [0.05, 0.1) is 23.3 Å². The lowest BCUT2D eigenvalue weighted by atomic mass is 9.89. The van der Waals surface area contributed by atoms with E-state index in [4.69, 9.17) is 4.74 Å². The number of ether oxygens (including phenoxy) is 1. The molecule has 0 N–H and O–H groups in total. The molecule has 1 saturated heterocycles. The molecule has 0 saturated carbocycles. The predicted octanol–water partition coefficient (Wildman–Crippen LogP) is 4.90. The highest BCUT2D eigenvalue weighted by Crippen LogP contribution is 2.39. The number of aromatic nitrogens is 2. The molecule has 3 heterocycles. The molecular formula is C22H23F6N3O2. The minimum absolute atomic E-state index is 0.0276. The van der Waals surface area contributed by atoms with Gasteiger partial charge in [-0.2, -0.15) is 26.3 Å². The van der Waals surface area contributed by atoms with Crippen LogP contribution in [0.1, 0.15) is 59.2 Å². The number of imidazole rings is 1. The molecule has 1 aromatic heterocycles. The van der Waals surface area contributed by atoms with Crippen LogP contribution in [0.15, 0.2) is 24.4 Å². The van der Waals surface area contributed by atoms with Crippen molar-refractivity contribution in [3.8, 4) is 0 Å². The number of carbonyl (C=O) groups is 1. The first-order valence-corrected chi connectivity index (χ1v) is 10.6. The molecule has 2 aliphatic rings. The SMILES string of the molecule is CC1CN(C(=O)c2cn3c(n2)CCC(c2cc(C(F)(F)F)cc(C(F)(F)F)c2)C3)CC(C)O1. The van der Waals surface area contributed by atoms with Crippen molar-refractivity contribution in [3.05, 3.63) is 52.6 Å². The first kappa shape index (κ1) is 23.6. The van der Waals surface area contributed by atoms with Crippen molar-refractivity contribution in [2.24, 2.45) is 0 Å². The van der Waals surface area contributed by atoms with E-state index in [-0.39, 0.29) is 42.0 Å². The van der Waals surface area contributed by atoms with Crippen molar-refractivity contribution >= 4 is 5.91 Å². The zero-order valence-electron chi connectivity index (χ0n) is 18.0. The number of aryl methyl sites for hydroxylation is 1. The minimum atomic E-state index is -4.89. The molecule has 2 aliphatic heterocycles. The van der Waals surface area contributed by atoms with Gasteiger partial charge < -0.3 is 14.2 Å². The summed E-state index contributed by atoms with van der Waals surface area (Å²) in [6, 6.07) is 1.70. The van der Waals surface area contributed by atoms with E-state index in [0.29, 0.717) is 31.8 Å². The van der Waals surface area contributed by atoms with E-state index in [1.807, 2.05) is 13.8 Å². The predicted molar refractivity (Wildman–Crippen MR) is 106 cm³/mol. The first-order chi connectivity index (χ1) is 15.3. The minimum Gasteiger partial charge on any atom is -0.372 e. The van der Waals surface area contributed by atoms with Crippen LogP contribution in [0.25, 0.3) is 0 Å². The van der Waals surface area contributed by atoms with Crippen molar-refractivity contribution in [3.63, 3.8) is 0 Å². The summed E-state index contributed by atoms with van der Waals surface area (Å²) in [6.07, 6.45) is -7.83. The van der Waals surface area contributed by atoms with E-state index in [9.17, 15) is 31.1 Å². The summed E-state index contributed by atoms with van der Waals surface area (Å²) in [5.74, 6) is -0.248. The molecule has 3 unspecified atom stereocenters. The second-order valence-electron chi connectivity index (χ2n) is 8.74. The average molecular weight is 475 g/mol. The van der Waals surface area contributed by atoms with Crippen LogP contribution in [0.4, 0.5) is 26.3 Å². The molecule has 11 heteroatoms. The number of fused-ring (bicyclic) bond motifs is 1. The van der Waals surface area contributed by atoms with E-state index in [1.54, 1.807) is 9.47 Å². The quantitative estimate of drug-likeness (QED) is 0.581. The lowest BCUT2D eigenvalue weighted by Gasteiger charge is -2.34. The van der Waals surface area contributed by atoms with Gasteiger partial charge in [-0.1, -0.05) is 0 Å². The lowest BCUT2D eigenvalue weighted by Crippen LogP contribution is -2.48. The maximum absolute atomic E-state index is 13.2. The molecule has 1 amide bonds. The van der Waals surface area contributed by atoms with Crippen molar-refractivity contribution in [1.29, 1.82) is 0 Å². The molecular weight excluding hydrogens is 452 g/mol. The third-order valence-corrected chi connectivity index (χ3v) is 6.00. The van der Waals surface area contributed by atoms with Gasteiger partial charge >= 0.3 is 12.4 Å². The number of halogens is 6. The Bertz CT molecular complexity index is 1000. The summed E-state index contributed by atoms with van der Waals surface area (Å²) in [7, 11) is 0. The van der Waals surface area contributed by atoms with Crippen LogP contribution in [-0.4, -0.2) is 45.7 Å². The Hall–Kier alpha value is -2.56. The maximum atomic E-state index is 13.2. The average Bonchev–Trinajstić information content (AvgIpc) is 3.14. The van der Waals surface area contributed by atoms with E-state index in [1.165, 1.54) is 6.20 Å². The maximum Gasteiger partial charge on any atom is 0.416 e. The summed E-state index contributed by atoms with van der Waals surface area (Å²) < 4.78 is 86.7. The Labute approximate surface area is 186 Å². The zero-order valence-corrected chi connectivity index (χ0v) is 18.0. The molecule has 1 fully saturated rings. The standard InChI is InChI=1S/C22H23F6N3O2/c1-12-8-31(9-13(2)33-12)20(32)18-11-30-10-14(3-4-19(30)29-18)15-5-16(21(23,24)25)7-17(6-15)22(26,27)28/h5-7,11-14H,3-4,8-10H2,1-2H3. The Morgan fingerprint density at radius 3 is 2.09 bits per heavy atom. The number of hydrogen-bond donors (Lipinski definition) is 0. The fourth-order valence-corrected chi connectivity index (χ4v) is 4.54. The smallest absolute Gasteiger partial charge is 0.372 e. The second-order valence-corrected chi connectivity index (χ2v) is 8.74. The molecule has 0 aliphatic carbocycles. The number of carbonyl (C=O) groups excluding carboxylic acids is 1. The van der Waals surface area contributed by atoms with Gasteiger partial charge in [0.15, 0.2) is 0 Å². The normalized spacial score (nSPS) is 24.0. The molecule has 33 heavy (non-hydrogen) atoms. The molecule has 0 radical (unpaired) electrons. The highest BCUT2D eigenvalue weighted by Gasteiger charge is 2.38. The molecule has 180 valence electrons. The lowest BCUT2D eigenvalue weighted by molar-refractivity contribution is -0.143. The number of rotatable bonds is 2. The van der Waals surface area contributed by atoms with Crippen LogP contribution >= 0.6 is 0 Å². The highest BCUT2D eigenvalue weighted by atomic mass is 19.4.